The van der Waals surface area contributed by atoms with Crippen molar-refractivity contribution < 1.29 is 0 Å². The fourth-order valence-corrected chi connectivity index (χ4v) is 1.67. The fraction of sp³-hybridized carbons (Fsp3) is 0.250. The Bertz CT molecular complexity index is 580. The van der Waals surface area contributed by atoms with E-state index < -0.39 is 0 Å². The summed E-state index contributed by atoms with van der Waals surface area (Å²) >= 11 is 3.22. The first-order valence-corrected chi connectivity index (χ1v) is 5.26. The highest BCUT2D eigenvalue weighted by Crippen LogP contribution is 2.14. The van der Waals surface area contributed by atoms with E-state index in [1.54, 1.807) is 6.07 Å². The SMILES string of the molecule is N#CC(CBr)c1cc2n[nH]c(=O)n2cn1. The third-order valence-corrected chi connectivity index (χ3v) is 2.65. The third kappa shape index (κ3) is 1.64. The highest BCUT2D eigenvalue weighted by molar-refractivity contribution is 9.09. The number of H-pyrrole nitrogens is 1. The summed E-state index contributed by atoms with van der Waals surface area (Å²) in [7, 11) is 0. The zero-order valence-electron chi connectivity index (χ0n) is 7.51. The van der Waals surface area contributed by atoms with Crippen LogP contribution in [0.2, 0.25) is 0 Å². The van der Waals surface area contributed by atoms with Crippen molar-refractivity contribution in [2.75, 3.05) is 5.33 Å². The van der Waals surface area contributed by atoms with Crippen molar-refractivity contribution in [2.45, 2.75) is 5.92 Å². The Morgan fingerprint density at radius 1 is 1.73 bits per heavy atom. The predicted molar refractivity (Wildman–Crippen MR) is 55.8 cm³/mol. The zero-order chi connectivity index (χ0) is 10.8. The minimum Gasteiger partial charge on any atom is -0.246 e. The number of aromatic nitrogens is 4. The molecule has 15 heavy (non-hydrogen) atoms. The molecule has 0 aliphatic carbocycles. The molecule has 0 bridgehead atoms. The average molecular weight is 268 g/mol. The molecule has 2 heterocycles. The molecule has 0 aliphatic rings. The number of rotatable bonds is 2. The van der Waals surface area contributed by atoms with Gasteiger partial charge in [0.25, 0.3) is 0 Å². The van der Waals surface area contributed by atoms with E-state index in [1.165, 1.54) is 10.7 Å². The molecule has 2 rings (SSSR count). The number of nitrogens with zero attached hydrogens (tertiary/aromatic N) is 4. The van der Waals surface area contributed by atoms with Gasteiger partial charge in [0.2, 0.25) is 0 Å². The number of hydrogen-bond donors (Lipinski definition) is 1. The molecule has 2 aromatic rings. The summed E-state index contributed by atoms with van der Waals surface area (Å²) in [6.45, 7) is 0. The van der Waals surface area contributed by atoms with Gasteiger partial charge in [-0.25, -0.2) is 19.3 Å². The van der Waals surface area contributed by atoms with E-state index in [1.807, 2.05) is 0 Å². The van der Waals surface area contributed by atoms with Crippen molar-refractivity contribution in [1.29, 1.82) is 5.26 Å². The summed E-state index contributed by atoms with van der Waals surface area (Å²) in [5.74, 6) is -0.332. The topological polar surface area (TPSA) is 86.8 Å². The van der Waals surface area contributed by atoms with Crippen LogP contribution in [0.5, 0.6) is 0 Å². The first-order chi connectivity index (χ1) is 7.26. The van der Waals surface area contributed by atoms with Gasteiger partial charge in [0.05, 0.1) is 17.7 Å². The quantitative estimate of drug-likeness (QED) is 0.799. The Morgan fingerprint density at radius 3 is 3.20 bits per heavy atom. The molecule has 1 unspecified atom stereocenters. The van der Waals surface area contributed by atoms with Crippen LogP contribution in [0, 0.1) is 11.3 Å². The van der Waals surface area contributed by atoms with E-state index in [-0.39, 0.29) is 11.6 Å². The van der Waals surface area contributed by atoms with Gasteiger partial charge < -0.3 is 0 Å². The van der Waals surface area contributed by atoms with E-state index >= 15 is 0 Å². The monoisotopic (exact) mass is 267 g/mol. The lowest BCUT2D eigenvalue weighted by Crippen LogP contribution is -2.10. The molecule has 0 radical (unpaired) electrons. The number of halogens is 1. The highest BCUT2D eigenvalue weighted by atomic mass is 79.9. The molecule has 2 aromatic heterocycles. The number of nitrogens with one attached hydrogen (secondary N) is 1. The minimum absolute atomic E-state index is 0.332. The average Bonchev–Trinajstić information content (AvgIpc) is 2.62. The Kier molecular flexibility index (Phi) is 2.51. The van der Waals surface area contributed by atoms with Crippen LogP contribution in [0.4, 0.5) is 0 Å². The Morgan fingerprint density at radius 2 is 2.53 bits per heavy atom. The molecular formula is C8H6BrN5O. The Hall–Kier alpha value is -1.68. The van der Waals surface area contributed by atoms with E-state index in [0.29, 0.717) is 16.7 Å². The molecule has 1 atom stereocenters. The largest absolute Gasteiger partial charge is 0.348 e. The maximum Gasteiger partial charge on any atom is 0.348 e. The molecule has 0 amide bonds. The van der Waals surface area contributed by atoms with E-state index in [0.717, 1.165) is 0 Å². The van der Waals surface area contributed by atoms with Gasteiger partial charge in [-0.2, -0.15) is 10.4 Å². The number of nitriles is 1. The standard InChI is InChI=1S/C8H6BrN5O/c9-2-5(3-10)6-1-7-12-13-8(15)14(7)4-11-6/h1,4-5H,2H2,(H,13,15). The lowest BCUT2D eigenvalue weighted by molar-refractivity contribution is 0.901. The van der Waals surface area contributed by atoms with Crippen LogP contribution in [0.25, 0.3) is 5.65 Å². The van der Waals surface area contributed by atoms with Crippen molar-refractivity contribution in [2.24, 2.45) is 0 Å². The van der Waals surface area contributed by atoms with Crippen molar-refractivity contribution in [3.05, 3.63) is 28.6 Å². The summed E-state index contributed by atoms with van der Waals surface area (Å²) < 4.78 is 1.28. The smallest absolute Gasteiger partial charge is 0.246 e. The van der Waals surface area contributed by atoms with Crippen molar-refractivity contribution in [3.63, 3.8) is 0 Å². The van der Waals surface area contributed by atoms with Crippen molar-refractivity contribution in [1.82, 2.24) is 19.6 Å². The van der Waals surface area contributed by atoms with Crippen molar-refractivity contribution >= 4 is 21.6 Å². The van der Waals surface area contributed by atoms with Crippen LogP contribution in [0.15, 0.2) is 17.2 Å². The summed E-state index contributed by atoms with van der Waals surface area (Å²) in [5, 5.41) is 15.4. The Balaban J connectivity index is 2.57. The highest BCUT2D eigenvalue weighted by Gasteiger charge is 2.12. The Labute approximate surface area is 92.7 Å². The molecule has 0 saturated heterocycles. The number of hydrogen-bond acceptors (Lipinski definition) is 4. The first kappa shape index (κ1) is 9.86. The van der Waals surface area contributed by atoms with E-state index in [9.17, 15) is 4.79 Å². The maximum atomic E-state index is 11.1. The molecule has 0 saturated carbocycles. The second-order valence-electron chi connectivity index (χ2n) is 2.91. The normalized spacial score (nSPS) is 12.5. The lowest BCUT2D eigenvalue weighted by Gasteiger charge is -2.03. The number of alkyl halides is 1. The molecule has 0 aromatic carbocycles. The van der Waals surface area contributed by atoms with Gasteiger partial charge in [0, 0.05) is 11.4 Å². The molecule has 76 valence electrons. The van der Waals surface area contributed by atoms with Gasteiger partial charge in [0.1, 0.15) is 6.33 Å². The van der Waals surface area contributed by atoms with E-state index in [2.05, 4.69) is 37.2 Å². The molecule has 0 aliphatic heterocycles. The maximum absolute atomic E-state index is 11.1. The molecule has 1 N–H and O–H groups in total. The molecule has 0 spiro atoms. The van der Waals surface area contributed by atoms with Crippen LogP contribution < -0.4 is 5.69 Å². The van der Waals surface area contributed by atoms with Gasteiger partial charge >= 0.3 is 5.69 Å². The molecule has 6 nitrogen and oxygen atoms in total. The first-order valence-electron chi connectivity index (χ1n) is 4.14. The van der Waals surface area contributed by atoms with E-state index in [4.69, 9.17) is 5.26 Å². The van der Waals surface area contributed by atoms with Gasteiger partial charge in [0.15, 0.2) is 5.65 Å². The number of fused-ring (bicyclic) bond motifs is 1. The van der Waals surface area contributed by atoms with Crippen LogP contribution in [-0.2, 0) is 0 Å². The van der Waals surface area contributed by atoms with Crippen LogP contribution >= 0.6 is 15.9 Å². The summed E-state index contributed by atoms with van der Waals surface area (Å²) in [5.41, 5.74) is 0.725. The number of aromatic amines is 1. The summed E-state index contributed by atoms with van der Waals surface area (Å²) in [6.07, 6.45) is 1.36. The fourth-order valence-electron chi connectivity index (χ4n) is 1.19. The lowest BCUT2D eigenvalue weighted by atomic mass is 10.1. The van der Waals surface area contributed by atoms with Crippen LogP contribution in [-0.4, -0.2) is 24.9 Å². The van der Waals surface area contributed by atoms with Gasteiger partial charge in [-0.15, -0.1) is 0 Å². The second-order valence-corrected chi connectivity index (χ2v) is 3.55. The van der Waals surface area contributed by atoms with Gasteiger partial charge in [-0.3, -0.25) is 0 Å². The third-order valence-electron chi connectivity index (χ3n) is 2.00. The minimum atomic E-state index is -0.337. The van der Waals surface area contributed by atoms with Gasteiger partial charge in [-0.05, 0) is 0 Å². The summed E-state index contributed by atoms with van der Waals surface area (Å²) in [6, 6.07) is 3.72. The predicted octanol–water partition coefficient (Wildman–Crippen LogP) is 0.420. The molecule has 0 fully saturated rings. The zero-order valence-corrected chi connectivity index (χ0v) is 9.10. The molecular weight excluding hydrogens is 262 g/mol. The van der Waals surface area contributed by atoms with Gasteiger partial charge in [-0.1, -0.05) is 15.9 Å². The van der Waals surface area contributed by atoms with Crippen LogP contribution in [0.1, 0.15) is 11.6 Å². The second kappa shape index (κ2) is 3.82. The summed E-state index contributed by atoms with van der Waals surface area (Å²) in [4.78, 5) is 15.2. The van der Waals surface area contributed by atoms with Crippen LogP contribution in [0.3, 0.4) is 0 Å². The molecule has 7 heteroatoms. The van der Waals surface area contributed by atoms with Crippen molar-refractivity contribution in [3.8, 4) is 6.07 Å².